The summed E-state index contributed by atoms with van der Waals surface area (Å²) in [4.78, 5) is 13.9. The van der Waals surface area contributed by atoms with Crippen LogP contribution in [-0.4, -0.2) is 47.7 Å². The maximum atomic E-state index is 14.3. The van der Waals surface area contributed by atoms with Crippen molar-refractivity contribution >= 4 is 5.95 Å². The molecule has 5 rings (SSSR count). The summed E-state index contributed by atoms with van der Waals surface area (Å²) in [6.07, 6.45) is 2.45. The third-order valence-electron chi connectivity index (χ3n) is 5.39. The second-order valence-electron chi connectivity index (χ2n) is 7.43. The van der Waals surface area contributed by atoms with Gasteiger partial charge in [-0.3, -0.25) is 4.90 Å². The van der Waals surface area contributed by atoms with E-state index in [1.165, 1.54) is 6.07 Å². The van der Waals surface area contributed by atoms with E-state index in [1.807, 2.05) is 12.1 Å². The minimum Gasteiger partial charge on any atom is -0.468 e. The molecule has 0 radical (unpaired) electrons. The molecule has 0 amide bonds. The summed E-state index contributed by atoms with van der Waals surface area (Å²) in [6, 6.07) is 10.2. The van der Waals surface area contributed by atoms with Crippen LogP contribution in [0.5, 0.6) is 11.6 Å². The van der Waals surface area contributed by atoms with E-state index >= 15 is 0 Å². The molecule has 4 heterocycles. The number of aromatic nitrogens is 2. The Balaban J connectivity index is 1.48. The molecule has 0 unspecified atom stereocenters. The van der Waals surface area contributed by atoms with Crippen molar-refractivity contribution in [3.05, 3.63) is 65.5 Å². The molecule has 156 valence electrons. The minimum absolute atomic E-state index is 0.162. The summed E-state index contributed by atoms with van der Waals surface area (Å²) in [5.41, 5.74) is 1.85. The van der Waals surface area contributed by atoms with E-state index in [1.54, 1.807) is 24.5 Å². The van der Waals surface area contributed by atoms with E-state index in [9.17, 15) is 4.39 Å². The van der Waals surface area contributed by atoms with Gasteiger partial charge in [0.2, 0.25) is 11.8 Å². The standard InChI is InChI=1S/C22H23FN4O3/c23-18-5-1-2-6-20(18)30-21-17-15-26(14-16-4-3-11-29-16)8-7-19(17)24-22(25-21)27-9-12-28-13-10-27/h1-6,11H,7-10,12-15H2. The van der Waals surface area contributed by atoms with Gasteiger partial charge in [0.1, 0.15) is 5.76 Å². The Labute approximate surface area is 174 Å². The summed E-state index contributed by atoms with van der Waals surface area (Å²) < 4.78 is 31.2. The van der Waals surface area contributed by atoms with E-state index in [4.69, 9.17) is 23.9 Å². The largest absolute Gasteiger partial charge is 0.468 e. The lowest BCUT2D eigenvalue weighted by atomic mass is 10.1. The minimum atomic E-state index is -0.416. The number of anilines is 1. The van der Waals surface area contributed by atoms with Crippen molar-refractivity contribution < 1.29 is 18.3 Å². The molecule has 0 N–H and O–H groups in total. The summed E-state index contributed by atoms with van der Waals surface area (Å²) >= 11 is 0. The fourth-order valence-electron chi connectivity index (χ4n) is 3.81. The number of rotatable bonds is 5. The normalized spacial score (nSPS) is 17.0. The highest BCUT2D eigenvalue weighted by atomic mass is 19.1. The van der Waals surface area contributed by atoms with Gasteiger partial charge in [-0.25, -0.2) is 9.37 Å². The monoisotopic (exact) mass is 410 g/mol. The highest BCUT2D eigenvalue weighted by molar-refractivity contribution is 5.44. The van der Waals surface area contributed by atoms with Crippen LogP contribution in [0, 0.1) is 5.82 Å². The lowest BCUT2D eigenvalue weighted by Crippen LogP contribution is -2.38. The van der Waals surface area contributed by atoms with Gasteiger partial charge in [0.05, 0.1) is 37.3 Å². The third kappa shape index (κ3) is 4.01. The number of hydrogen-bond acceptors (Lipinski definition) is 7. The van der Waals surface area contributed by atoms with Gasteiger partial charge < -0.3 is 18.8 Å². The number of benzene rings is 1. The lowest BCUT2D eigenvalue weighted by Gasteiger charge is -2.31. The summed E-state index contributed by atoms with van der Waals surface area (Å²) in [6.45, 7) is 4.89. The molecule has 0 spiro atoms. The quantitative estimate of drug-likeness (QED) is 0.639. The van der Waals surface area contributed by atoms with Crippen LogP contribution in [0.25, 0.3) is 0 Å². The maximum Gasteiger partial charge on any atom is 0.229 e. The predicted octanol–water partition coefficient (Wildman–Crippen LogP) is 3.40. The lowest BCUT2D eigenvalue weighted by molar-refractivity contribution is 0.122. The first-order chi connectivity index (χ1) is 14.8. The van der Waals surface area contributed by atoms with Crippen molar-refractivity contribution in [2.24, 2.45) is 0 Å². The fraction of sp³-hybridized carbons (Fsp3) is 0.364. The molecule has 2 aliphatic rings. The highest BCUT2D eigenvalue weighted by Gasteiger charge is 2.26. The van der Waals surface area contributed by atoms with Crippen LogP contribution in [0.15, 0.2) is 47.1 Å². The fourth-order valence-corrected chi connectivity index (χ4v) is 3.81. The molecular weight excluding hydrogens is 387 g/mol. The molecular formula is C22H23FN4O3. The number of furan rings is 1. The molecule has 8 heteroatoms. The third-order valence-corrected chi connectivity index (χ3v) is 5.39. The molecule has 7 nitrogen and oxygen atoms in total. The van der Waals surface area contributed by atoms with E-state index in [2.05, 4.69) is 9.80 Å². The van der Waals surface area contributed by atoms with Gasteiger partial charge in [-0.2, -0.15) is 4.98 Å². The molecule has 30 heavy (non-hydrogen) atoms. The number of para-hydroxylation sites is 1. The second kappa shape index (κ2) is 8.41. The van der Waals surface area contributed by atoms with Crippen molar-refractivity contribution in [2.75, 3.05) is 37.7 Å². The molecule has 1 fully saturated rings. The first kappa shape index (κ1) is 19.0. The average molecular weight is 410 g/mol. The molecule has 1 aromatic carbocycles. The Kier molecular flexibility index (Phi) is 5.33. The SMILES string of the molecule is Fc1ccccc1Oc1nc(N2CCOCC2)nc2c1CN(Cc1ccco1)CC2. The molecule has 0 aliphatic carbocycles. The van der Waals surface area contributed by atoms with Crippen LogP contribution in [-0.2, 0) is 24.2 Å². The highest BCUT2D eigenvalue weighted by Crippen LogP contribution is 2.33. The summed E-state index contributed by atoms with van der Waals surface area (Å²) in [5, 5.41) is 0. The number of nitrogens with zero attached hydrogens (tertiary/aromatic N) is 4. The molecule has 0 saturated carbocycles. The zero-order valence-corrected chi connectivity index (χ0v) is 16.6. The van der Waals surface area contributed by atoms with Gasteiger partial charge in [-0.1, -0.05) is 12.1 Å². The van der Waals surface area contributed by atoms with E-state index in [-0.39, 0.29) is 5.75 Å². The van der Waals surface area contributed by atoms with Gasteiger partial charge in [-0.15, -0.1) is 0 Å². The molecule has 2 aliphatic heterocycles. The van der Waals surface area contributed by atoms with Crippen LogP contribution in [0.1, 0.15) is 17.0 Å². The summed E-state index contributed by atoms with van der Waals surface area (Å²) in [5.74, 6) is 1.68. The topological polar surface area (TPSA) is 63.9 Å². The van der Waals surface area contributed by atoms with Gasteiger partial charge in [0.25, 0.3) is 0 Å². The van der Waals surface area contributed by atoms with Crippen molar-refractivity contribution in [1.29, 1.82) is 0 Å². The van der Waals surface area contributed by atoms with Crippen LogP contribution >= 0.6 is 0 Å². The van der Waals surface area contributed by atoms with Gasteiger partial charge in [-0.05, 0) is 24.3 Å². The average Bonchev–Trinajstić information content (AvgIpc) is 3.29. The Morgan fingerprint density at radius 3 is 2.70 bits per heavy atom. The van der Waals surface area contributed by atoms with Crippen LogP contribution < -0.4 is 9.64 Å². The van der Waals surface area contributed by atoms with Crippen LogP contribution in [0.2, 0.25) is 0 Å². The van der Waals surface area contributed by atoms with Crippen LogP contribution in [0.4, 0.5) is 10.3 Å². The Hall–Kier alpha value is -2.97. The zero-order chi connectivity index (χ0) is 20.3. The van der Waals surface area contributed by atoms with Gasteiger partial charge in [0, 0.05) is 32.6 Å². The van der Waals surface area contributed by atoms with E-state index in [0.29, 0.717) is 38.1 Å². The van der Waals surface area contributed by atoms with E-state index < -0.39 is 5.82 Å². The van der Waals surface area contributed by atoms with Crippen molar-refractivity contribution in [1.82, 2.24) is 14.9 Å². The van der Waals surface area contributed by atoms with Crippen molar-refractivity contribution in [2.45, 2.75) is 19.5 Å². The number of fused-ring (bicyclic) bond motifs is 1. The number of halogens is 1. The molecule has 0 bridgehead atoms. The van der Waals surface area contributed by atoms with Gasteiger partial charge >= 0.3 is 0 Å². The first-order valence-electron chi connectivity index (χ1n) is 10.2. The maximum absolute atomic E-state index is 14.3. The Bertz CT molecular complexity index is 1010. The van der Waals surface area contributed by atoms with E-state index in [0.717, 1.165) is 43.1 Å². The smallest absolute Gasteiger partial charge is 0.229 e. The van der Waals surface area contributed by atoms with Crippen molar-refractivity contribution in [3.63, 3.8) is 0 Å². The molecule has 2 aromatic heterocycles. The second-order valence-corrected chi connectivity index (χ2v) is 7.43. The summed E-state index contributed by atoms with van der Waals surface area (Å²) in [7, 11) is 0. The molecule has 1 saturated heterocycles. The van der Waals surface area contributed by atoms with Crippen LogP contribution in [0.3, 0.4) is 0 Å². The number of ether oxygens (including phenoxy) is 2. The Morgan fingerprint density at radius 1 is 1.03 bits per heavy atom. The van der Waals surface area contributed by atoms with Crippen molar-refractivity contribution in [3.8, 4) is 11.6 Å². The Morgan fingerprint density at radius 2 is 1.90 bits per heavy atom. The number of morpholine rings is 1. The first-order valence-corrected chi connectivity index (χ1v) is 10.2. The zero-order valence-electron chi connectivity index (χ0n) is 16.6. The van der Waals surface area contributed by atoms with Gasteiger partial charge in [0.15, 0.2) is 11.6 Å². The predicted molar refractivity (Wildman–Crippen MR) is 108 cm³/mol. The molecule has 0 atom stereocenters. The molecule has 3 aromatic rings. The number of hydrogen-bond donors (Lipinski definition) is 0.